The van der Waals surface area contributed by atoms with Gasteiger partial charge in [-0.15, -0.1) is 0 Å². The summed E-state index contributed by atoms with van der Waals surface area (Å²) in [6.07, 6.45) is 6.37. The first-order valence-corrected chi connectivity index (χ1v) is 9.55. The Morgan fingerprint density at radius 3 is 3.19 bits per heavy atom. The molecule has 0 aliphatic carbocycles. The first kappa shape index (κ1) is 18.1. The second kappa shape index (κ2) is 8.14. The molecule has 8 heteroatoms. The van der Waals surface area contributed by atoms with Gasteiger partial charge in [0.15, 0.2) is 0 Å². The predicted octanol–water partition coefficient (Wildman–Crippen LogP) is 1.43. The average molecular weight is 371 g/mol. The van der Waals surface area contributed by atoms with E-state index in [-0.39, 0.29) is 18.1 Å². The molecule has 2 aliphatic rings. The van der Waals surface area contributed by atoms with Gasteiger partial charge in [-0.05, 0) is 31.9 Å². The monoisotopic (exact) mass is 371 g/mol. The molecule has 144 valence electrons. The SMILES string of the molecule is C[C@H]1CN2C[C@H](NC(=O)CCCc3nc(-c4cccnc4)no3)C[C@H]2CO1. The quantitative estimate of drug-likeness (QED) is 0.821. The zero-order valence-electron chi connectivity index (χ0n) is 15.5. The van der Waals surface area contributed by atoms with Crippen LogP contribution in [-0.2, 0) is 16.0 Å². The van der Waals surface area contributed by atoms with Crippen molar-refractivity contribution in [1.29, 1.82) is 0 Å². The molecule has 2 fully saturated rings. The van der Waals surface area contributed by atoms with Crippen LogP contribution in [-0.4, -0.2) is 63.8 Å². The van der Waals surface area contributed by atoms with Gasteiger partial charge in [-0.25, -0.2) is 0 Å². The van der Waals surface area contributed by atoms with Crippen molar-refractivity contribution in [3.63, 3.8) is 0 Å². The summed E-state index contributed by atoms with van der Waals surface area (Å²) in [5.41, 5.74) is 0.821. The van der Waals surface area contributed by atoms with Crippen LogP contribution in [0.2, 0.25) is 0 Å². The molecule has 4 heterocycles. The summed E-state index contributed by atoms with van der Waals surface area (Å²) in [6.45, 7) is 4.74. The summed E-state index contributed by atoms with van der Waals surface area (Å²) in [5, 5.41) is 7.13. The number of carbonyl (C=O) groups is 1. The van der Waals surface area contributed by atoms with E-state index in [0.717, 1.165) is 31.7 Å². The van der Waals surface area contributed by atoms with E-state index in [1.807, 2.05) is 12.1 Å². The summed E-state index contributed by atoms with van der Waals surface area (Å²) in [4.78, 5) is 23.1. The van der Waals surface area contributed by atoms with Gasteiger partial charge in [-0.2, -0.15) is 4.98 Å². The van der Waals surface area contributed by atoms with Crippen LogP contribution in [0.15, 0.2) is 29.0 Å². The molecule has 2 aromatic rings. The Balaban J connectivity index is 1.20. The number of carbonyl (C=O) groups excluding carboxylic acids is 1. The molecule has 0 saturated carbocycles. The van der Waals surface area contributed by atoms with Gasteiger partial charge in [0.25, 0.3) is 0 Å². The van der Waals surface area contributed by atoms with Gasteiger partial charge in [-0.3, -0.25) is 14.7 Å². The molecule has 0 bridgehead atoms. The van der Waals surface area contributed by atoms with Crippen molar-refractivity contribution < 1.29 is 14.1 Å². The molecule has 8 nitrogen and oxygen atoms in total. The van der Waals surface area contributed by atoms with Gasteiger partial charge >= 0.3 is 0 Å². The maximum atomic E-state index is 12.3. The van der Waals surface area contributed by atoms with Crippen molar-refractivity contribution >= 4 is 5.91 Å². The summed E-state index contributed by atoms with van der Waals surface area (Å²) in [5.74, 6) is 1.16. The van der Waals surface area contributed by atoms with Crippen LogP contribution < -0.4 is 5.32 Å². The number of hydrogen-bond donors (Lipinski definition) is 1. The number of pyridine rings is 1. The molecule has 1 N–H and O–H groups in total. The van der Waals surface area contributed by atoms with Gasteiger partial charge in [-0.1, -0.05) is 5.16 Å². The van der Waals surface area contributed by atoms with E-state index in [1.54, 1.807) is 12.4 Å². The highest BCUT2D eigenvalue weighted by Gasteiger charge is 2.36. The van der Waals surface area contributed by atoms with E-state index in [9.17, 15) is 4.79 Å². The number of nitrogens with one attached hydrogen (secondary N) is 1. The molecular weight excluding hydrogens is 346 g/mol. The lowest BCUT2D eigenvalue weighted by molar-refractivity contribution is -0.121. The standard InChI is InChI=1S/C19H25N5O3/c1-13-10-24-11-15(8-16(24)12-26-13)21-17(25)5-2-6-18-22-19(23-27-18)14-4-3-7-20-9-14/h3-4,7,9,13,15-16H,2,5-6,8,10-12H2,1H3,(H,21,25)/t13-,15+,16-/m0/s1. The number of fused-ring (bicyclic) bond motifs is 1. The average Bonchev–Trinajstić information content (AvgIpc) is 3.28. The number of nitrogens with zero attached hydrogens (tertiary/aromatic N) is 4. The summed E-state index contributed by atoms with van der Waals surface area (Å²) in [7, 11) is 0. The third kappa shape index (κ3) is 4.51. The lowest BCUT2D eigenvalue weighted by Crippen LogP contribution is -2.45. The third-order valence-electron chi connectivity index (χ3n) is 5.14. The highest BCUT2D eigenvalue weighted by molar-refractivity contribution is 5.76. The Morgan fingerprint density at radius 2 is 2.33 bits per heavy atom. The maximum absolute atomic E-state index is 12.3. The second-order valence-corrected chi connectivity index (χ2v) is 7.36. The molecule has 3 atom stereocenters. The lowest BCUT2D eigenvalue weighted by atomic mass is 10.1. The molecular formula is C19H25N5O3. The number of ether oxygens (including phenoxy) is 1. The fraction of sp³-hybridized carbons (Fsp3) is 0.579. The van der Waals surface area contributed by atoms with E-state index in [0.29, 0.717) is 37.0 Å². The zero-order chi connectivity index (χ0) is 18.6. The van der Waals surface area contributed by atoms with Gasteiger partial charge < -0.3 is 14.6 Å². The number of aromatic nitrogens is 3. The van der Waals surface area contributed by atoms with Crippen molar-refractivity contribution in [2.75, 3.05) is 19.7 Å². The van der Waals surface area contributed by atoms with Gasteiger partial charge in [0.2, 0.25) is 17.6 Å². The van der Waals surface area contributed by atoms with Crippen LogP contribution in [0.3, 0.4) is 0 Å². The number of rotatable bonds is 6. The molecule has 2 aromatic heterocycles. The smallest absolute Gasteiger partial charge is 0.226 e. The molecule has 2 aliphatic heterocycles. The minimum Gasteiger partial charge on any atom is -0.376 e. The van der Waals surface area contributed by atoms with E-state index in [1.165, 1.54) is 0 Å². The molecule has 27 heavy (non-hydrogen) atoms. The number of hydrogen-bond acceptors (Lipinski definition) is 7. The van der Waals surface area contributed by atoms with Gasteiger partial charge in [0.05, 0.1) is 12.7 Å². The lowest BCUT2D eigenvalue weighted by Gasteiger charge is -2.33. The van der Waals surface area contributed by atoms with E-state index >= 15 is 0 Å². The van der Waals surface area contributed by atoms with Crippen LogP contribution in [0.1, 0.15) is 32.1 Å². The Kier molecular flexibility index (Phi) is 5.45. The fourth-order valence-electron chi connectivity index (χ4n) is 3.81. The molecule has 1 amide bonds. The molecule has 4 rings (SSSR count). The van der Waals surface area contributed by atoms with Crippen LogP contribution in [0.5, 0.6) is 0 Å². The first-order valence-electron chi connectivity index (χ1n) is 9.55. The van der Waals surface area contributed by atoms with Crippen LogP contribution in [0.25, 0.3) is 11.4 Å². The Labute approximate surface area is 158 Å². The van der Waals surface area contributed by atoms with Gasteiger partial charge in [0, 0.05) is 56.0 Å². The van der Waals surface area contributed by atoms with Crippen molar-refractivity contribution in [2.45, 2.75) is 50.8 Å². The Morgan fingerprint density at radius 1 is 1.41 bits per heavy atom. The van der Waals surface area contributed by atoms with E-state index in [2.05, 4.69) is 32.3 Å². The van der Waals surface area contributed by atoms with Crippen molar-refractivity contribution in [1.82, 2.24) is 25.3 Å². The summed E-state index contributed by atoms with van der Waals surface area (Å²) >= 11 is 0. The minimum atomic E-state index is 0.0841. The highest BCUT2D eigenvalue weighted by Crippen LogP contribution is 2.23. The molecule has 2 saturated heterocycles. The predicted molar refractivity (Wildman–Crippen MR) is 97.8 cm³/mol. The molecule has 0 aromatic carbocycles. The zero-order valence-corrected chi connectivity index (χ0v) is 15.5. The molecule has 0 radical (unpaired) electrons. The van der Waals surface area contributed by atoms with Crippen LogP contribution in [0, 0.1) is 0 Å². The van der Waals surface area contributed by atoms with E-state index < -0.39 is 0 Å². The van der Waals surface area contributed by atoms with Crippen molar-refractivity contribution in [2.24, 2.45) is 0 Å². The molecule has 0 spiro atoms. The third-order valence-corrected chi connectivity index (χ3v) is 5.14. The number of morpholine rings is 1. The number of aryl methyl sites for hydroxylation is 1. The minimum absolute atomic E-state index is 0.0841. The fourth-order valence-corrected chi connectivity index (χ4v) is 3.81. The van der Waals surface area contributed by atoms with Crippen LogP contribution in [0.4, 0.5) is 0 Å². The molecule has 0 unspecified atom stereocenters. The summed E-state index contributed by atoms with van der Waals surface area (Å²) < 4.78 is 11.0. The van der Waals surface area contributed by atoms with Crippen molar-refractivity contribution in [3.05, 3.63) is 30.4 Å². The van der Waals surface area contributed by atoms with Crippen LogP contribution >= 0.6 is 0 Å². The highest BCUT2D eigenvalue weighted by atomic mass is 16.5. The normalized spacial score (nSPS) is 25.3. The van der Waals surface area contributed by atoms with E-state index in [4.69, 9.17) is 9.26 Å². The largest absolute Gasteiger partial charge is 0.376 e. The topological polar surface area (TPSA) is 93.4 Å². The Hall–Kier alpha value is -2.32. The Bertz CT molecular complexity index is 766. The van der Waals surface area contributed by atoms with Crippen molar-refractivity contribution in [3.8, 4) is 11.4 Å². The summed E-state index contributed by atoms with van der Waals surface area (Å²) in [6, 6.07) is 4.38. The van der Waals surface area contributed by atoms with Gasteiger partial charge in [0.1, 0.15) is 0 Å². The number of amides is 1. The first-order chi connectivity index (χ1) is 13.2. The maximum Gasteiger partial charge on any atom is 0.226 e. The second-order valence-electron chi connectivity index (χ2n) is 7.36.